The normalized spacial score (nSPS) is 11.0. The average Bonchev–Trinajstić information content (AvgIpc) is 2.81. The van der Waals surface area contributed by atoms with Crippen LogP contribution in [0.1, 0.15) is 17.5 Å². The first-order valence-electron chi connectivity index (χ1n) is 6.23. The Bertz CT molecular complexity index is 680. The van der Waals surface area contributed by atoms with E-state index in [9.17, 15) is 0 Å². The molecule has 0 aliphatic carbocycles. The minimum absolute atomic E-state index is 1.01. The summed E-state index contributed by atoms with van der Waals surface area (Å²) in [5.74, 6) is 0. The van der Waals surface area contributed by atoms with E-state index in [2.05, 4.69) is 61.3 Å². The molecule has 1 heterocycles. The summed E-state index contributed by atoms with van der Waals surface area (Å²) in [4.78, 5) is 4.60. The number of thiazole rings is 1. The summed E-state index contributed by atoms with van der Waals surface area (Å²) in [6.45, 7) is 4.27. The van der Waals surface area contributed by atoms with Crippen LogP contribution in [0.25, 0.3) is 21.3 Å². The van der Waals surface area contributed by atoms with E-state index in [4.69, 9.17) is 0 Å². The van der Waals surface area contributed by atoms with Gasteiger partial charge in [0.1, 0.15) is 0 Å². The van der Waals surface area contributed by atoms with Crippen molar-refractivity contribution >= 4 is 21.6 Å². The second-order valence-corrected chi connectivity index (χ2v) is 5.62. The van der Waals surface area contributed by atoms with Crippen LogP contribution in [0.5, 0.6) is 0 Å². The smallest absolute Gasteiger partial charge is 0.0935 e. The Hall–Kier alpha value is -1.67. The van der Waals surface area contributed by atoms with Crippen molar-refractivity contribution in [1.29, 1.82) is 0 Å². The average molecular weight is 253 g/mol. The van der Waals surface area contributed by atoms with Gasteiger partial charge < -0.3 is 0 Å². The lowest BCUT2D eigenvalue weighted by atomic mass is 10.0. The minimum atomic E-state index is 1.01. The molecule has 0 saturated heterocycles. The van der Waals surface area contributed by atoms with Gasteiger partial charge in [0.05, 0.1) is 15.2 Å². The van der Waals surface area contributed by atoms with E-state index in [0.717, 1.165) is 11.9 Å². The zero-order chi connectivity index (χ0) is 12.5. The topological polar surface area (TPSA) is 12.9 Å². The van der Waals surface area contributed by atoms with Crippen LogP contribution in [0.3, 0.4) is 0 Å². The standard InChI is InChI=1S/C16H15NS/c1-3-16-17-14-9-8-13(10-15(14)18-16)12-6-4-11(2)5-7-12/h4-10H,3H2,1-2H3. The number of aromatic nitrogens is 1. The molecule has 0 radical (unpaired) electrons. The van der Waals surface area contributed by atoms with Gasteiger partial charge in [-0.05, 0) is 36.6 Å². The number of hydrogen-bond donors (Lipinski definition) is 0. The number of aryl methyl sites for hydroxylation is 2. The number of benzene rings is 2. The second kappa shape index (κ2) is 4.54. The molecule has 0 aliphatic rings. The van der Waals surface area contributed by atoms with E-state index in [1.165, 1.54) is 26.4 Å². The number of fused-ring (bicyclic) bond motifs is 1. The third kappa shape index (κ3) is 2.04. The Kier molecular flexibility index (Phi) is 2.88. The third-order valence-corrected chi connectivity index (χ3v) is 4.28. The van der Waals surface area contributed by atoms with Crippen molar-refractivity contribution < 1.29 is 0 Å². The molecule has 3 aromatic rings. The predicted molar refractivity (Wildman–Crippen MR) is 79.2 cm³/mol. The summed E-state index contributed by atoms with van der Waals surface area (Å²) in [5, 5.41) is 1.21. The monoisotopic (exact) mass is 253 g/mol. The molecule has 0 aliphatic heterocycles. The van der Waals surface area contributed by atoms with Crippen molar-refractivity contribution in [2.45, 2.75) is 20.3 Å². The van der Waals surface area contributed by atoms with Gasteiger partial charge in [0, 0.05) is 0 Å². The first kappa shape index (κ1) is 11.4. The van der Waals surface area contributed by atoms with Crippen LogP contribution in [0.4, 0.5) is 0 Å². The van der Waals surface area contributed by atoms with Gasteiger partial charge in [0.2, 0.25) is 0 Å². The van der Waals surface area contributed by atoms with Gasteiger partial charge in [-0.15, -0.1) is 11.3 Å². The molecule has 0 spiro atoms. The van der Waals surface area contributed by atoms with Crippen LogP contribution in [0, 0.1) is 6.92 Å². The summed E-state index contributed by atoms with van der Waals surface area (Å²) in [7, 11) is 0. The van der Waals surface area contributed by atoms with Crippen molar-refractivity contribution in [2.24, 2.45) is 0 Å². The number of rotatable bonds is 2. The summed E-state index contributed by atoms with van der Waals surface area (Å²) in [6, 6.07) is 15.2. The van der Waals surface area contributed by atoms with Gasteiger partial charge in [-0.2, -0.15) is 0 Å². The summed E-state index contributed by atoms with van der Waals surface area (Å²) in [5.41, 5.74) is 4.96. The van der Waals surface area contributed by atoms with Crippen molar-refractivity contribution in [1.82, 2.24) is 4.98 Å². The molecule has 2 aromatic carbocycles. The molecule has 0 saturated carbocycles. The Balaban J connectivity index is 2.09. The van der Waals surface area contributed by atoms with Crippen molar-refractivity contribution in [3.63, 3.8) is 0 Å². The predicted octanol–water partition coefficient (Wildman–Crippen LogP) is 4.83. The van der Waals surface area contributed by atoms with E-state index >= 15 is 0 Å². The van der Waals surface area contributed by atoms with Gasteiger partial charge in [-0.25, -0.2) is 4.98 Å². The maximum atomic E-state index is 4.60. The summed E-state index contributed by atoms with van der Waals surface area (Å²) in [6.07, 6.45) is 1.01. The van der Waals surface area contributed by atoms with E-state index < -0.39 is 0 Å². The lowest BCUT2D eigenvalue weighted by molar-refractivity contribution is 1.11. The molecule has 1 nitrogen and oxygen atoms in total. The Morgan fingerprint density at radius 1 is 1.00 bits per heavy atom. The molecule has 18 heavy (non-hydrogen) atoms. The van der Waals surface area contributed by atoms with Gasteiger partial charge in [0.15, 0.2) is 0 Å². The van der Waals surface area contributed by atoms with Gasteiger partial charge in [-0.1, -0.05) is 42.8 Å². The minimum Gasteiger partial charge on any atom is -0.241 e. The van der Waals surface area contributed by atoms with E-state index in [0.29, 0.717) is 0 Å². The highest BCUT2D eigenvalue weighted by Crippen LogP contribution is 2.28. The highest BCUT2D eigenvalue weighted by Gasteiger charge is 2.04. The molecule has 0 fully saturated rings. The van der Waals surface area contributed by atoms with Crippen molar-refractivity contribution in [2.75, 3.05) is 0 Å². The first-order valence-corrected chi connectivity index (χ1v) is 7.04. The lowest BCUT2D eigenvalue weighted by Crippen LogP contribution is -1.78. The maximum absolute atomic E-state index is 4.60. The molecule has 0 N–H and O–H groups in total. The van der Waals surface area contributed by atoms with E-state index in [1.54, 1.807) is 11.3 Å². The molecular weight excluding hydrogens is 238 g/mol. The maximum Gasteiger partial charge on any atom is 0.0935 e. The zero-order valence-electron chi connectivity index (χ0n) is 10.6. The van der Waals surface area contributed by atoms with Crippen LogP contribution in [-0.2, 0) is 6.42 Å². The SMILES string of the molecule is CCc1nc2ccc(-c3ccc(C)cc3)cc2s1. The largest absolute Gasteiger partial charge is 0.241 e. The van der Waals surface area contributed by atoms with E-state index in [-0.39, 0.29) is 0 Å². The molecule has 0 unspecified atom stereocenters. The van der Waals surface area contributed by atoms with Crippen LogP contribution in [0.15, 0.2) is 42.5 Å². The Labute approximate surface area is 111 Å². The molecule has 2 heteroatoms. The van der Waals surface area contributed by atoms with Crippen LogP contribution >= 0.6 is 11.3 Å². The van der Waals surface area contributed by atoms with Crippen molar-refractivity contribution in [3.05, 3.63) is 53.0 Å². The fraction of sp³-hybridized carbons (Fsp3) is 0.188. The van der Waals surface area contributed by atoms with Gasteiger partial charge >= 0.3 is 0 Å². The molecule has 90 valence electrons. The van der Waals surface area contributed by atoms with Crippen LogP contribution in [0.2, 0.25) is 0 Å². The lowest BCUT2D eigenvalue weighted by Gasteiger charge is -2.01. The summed E-state index contributed by atoms with van der Waals surface area (Å²) >= 11 is 1.80. The fourth-order valence-electron chi connectivity index (χ4n) is 2.05. The van der Waals surface area contributed by atoms with Crippen LogP contribution in [-0.4, -0.2) is 4.98 Å². The summed E-state index contributed by atoms with van der Waals surface area (Å²) < 4.78 is 1.28. The molecular formula is C16H15NS. The Morgan fingerprint density at radius 2 is 1.72 bits per heavy atom. The molecule has 0 bridgehead atoms. The van der Waals surface area contributed by atoms with E-state index in [1.807, 2.05) is 0 Å². The quantitative estimate of drug-likeness (QED) is 0.637. The molecule has 1 aromatic heterocycles. The molecule has 0 amide bonds. The zero-order valence-corrected chi connectivity index (χ0v) is 11.4. The highest BCUT2D eigenvalue weighted by atomic mass is 32.1. The number of hydrogen-bond acceptors (Lipinski definition) is 2. The first-order chi connectivity index (χ1) is 8.76. The van der Waals surface area contributed by atoms with Gasteiger partial charge in [0.25, 0.3) is 0 Å². The second-order valence-electron chi connectivity index (χ2n) is 4.51. The fourth-order valence-corrected chi connectivity index (χ4v) is 3.00. The third-order valence-electron chi connectivity index (χ3n) is 3.12. The Morgan fingerprint density at radius 3 is 2.44 bits per heavy atom. The van der Waals surface area contributed by atoms with Crippen LogP contribution < -0.4 is 0 Å². The van der Waals surface area contributed by atoms with Gasteiger partial charge in [-0.3, -0.25) is 0 Å². The molecule has 3 rings (SSSR count). The van der Waals surface area contributed by atoms with Crippen molar-refractivity contribution in [3.8, 4) is 11.1 Å². The number of nitrogens with zero attached hydrogens (tertiary/aromatic N) is 1. The molecule has 0 atom stereocenters. The highest BCUT2D eigenvalue weighted by molar-refractivity contribution is 7.18.